The molecular weight excluding hydrogens is 336 g/mol. The lowest BCUT2D eigenvalue weighted by Gasteiger charge is -2.49. The highest BCUT2D eigenvalue weighted by molar-refractivity contribution is 5.87. The fraction of sp³-hybridized carbons (Fsp3) is 0.316. The van der Waals surface area contributed by atoms with Crippen LogP contribution in [0.5, 0.6) is 5.75 Å². The summed E-state index contributed by atoms with van der Waals surface area (Å²) in [6.45, 7) is 4.90. The van der Waals surface area contributed by atoms with E-state index < -0.39 is 28.8 Å². The predicted octanol–water partition coefficient (Wildman–Crippen LogP) is 1.93. The predicted molar refractivity (Wildman–Crippen MR) is 92.3 cm³/mol. The van der Waals surface area contributed by atoms with Gasteiger partial charge in [-0.25, -0.2) is 4.79 Å². The molecule has 0 saturated carbocycles. The van der Waals surface area contributed by atoms with Crippen LogP contribution in [-0.2, 0) is 0 Å². The van der Waals surface area contributed by atoms with Gasteiger partial charge in [0, 0.05) is 17.8 Å². The molecule has 134 valence electrons. The van der Waals surface area contributed by atoms with Crippen LogP contribution in [0.1, 0.15) is 48.3 Å². The third-order valence-electron chi connectivity index (χ3n) is 5.01. The minimum atomic E-state index is -1.56. The highest BCUT2D eigenvalue weighted by Crippen LogP contribution is 2.47. The molecule has 1 aliphatic rings. The fourth-order valence-electron chi connectivity index (χ4n) is 3.19. The largest absolute Gasteiger partial charge is 0.484 e. The van der Waals surface area contributed by atoms with E-state index >= 15 is 0 Å². The highest BCUT2D eigenvalue weighted by atomic mass is 16.5. The van der Waals surface area contributed by atoms with Crippen molar-refractivity contribution in [1.29, 1.82) is 5.26 Å². The van der Waals surface area contributed by atoms with Crippen LogP contribution in [0.15, 0.2) is 41.3 Å². The normalized spacial score (nSPS) is 23.4. The molecule has 0 radical (unpaired) electrons. The minimum Gasteiger partial charge on any atom is -0.484 e. The minimum absolute atomic E-state index is 0.0808. The van der Waals surface area contributed by atoms with Crippen LogP contribution in [0.4, 0.5) is 0 Å². The average Bonchev–Trinajstić information content (AvgIpc) is 2.56. The zero-order valence-electron chi connectivity index (χ0n) is 14.6. The number of fused-ring (bicyclic) bond motifs is 1. The molecule has 2 heterocycles. The van der Waals surface area contributed by atoms with E-state index in [2.05, 4.69) is 0 Å². The van der Waals surface area contributed by atoms with Gasteiger partial charge in [0.25, 0.3) is 5.56 Å². The van der Waals surface area contributed by atoms with Crippen LogP contribution in [0.25, 0.3) is 0 Å². The lowest BCUT2D eigenvalue weighted by atomic mass is 9.75. The Morgan fingerprint density at radius 1 is 1.27 bits per heavy atom. The van der Waals surface area contributed by atoms with E-state index in [1.54, 1.807) is 32.0 Å². The van der Waals surface area contributed by atoms with E-state index in [0.717, 1.165) is 6.07 Å². The number of pyridine rings is 1. The van der Waals surface area contributed by atoms with Gasteiger partial charge in [-0.1, -0.05) is 0 Å². The zero-order valence-corrected chi connectivity index (χ0v) is 14.6. The molecule has 2 N–H and O–H groups in total. The Labute approximate surface area is 149 Å². The van der Waals surface area contributed by atoms with Gasteiger partial charge in [0.2, 0.25) is 0 Å². The summed E-state index contributed by atoms with van der Waals surface area (Å²) in [4.78, 5) is 23.8. The van der Waals surface area contributed by atoms with Crippen molar-refractivity contribution in [2.45, 2.75) is 38.0 Å². The highest BCUT2D eigenvalue weighted by Gasteiger charge is 2.53. The molecule has 0 fully saturated rings. The first kappa shape index (κ1) is 17.7. The van der Waals surface area contributed by atoms with Crippen molar-refractivity contribution in [1.82, 2.24) is 4.57 Å². The molecule has 2 atom stereocenters. The summed E-state index contributed by atoms with van der Waals surface area (Å²) in [7, 11) is 0. The van der Waals surface area contributed by atoms with Crippen LogP contribution in [0, 0.1) is 11.3 Å². The molecule has 0 saturated heterocycles. The van der Waals surface area contributed by atoms with E-state index in [9.17, 15) is 25.1 Å². The second kappa shape index (κ2) is 5.71. The number of rotatable bonds is 2. The van der Waals surface area contributed by atoms with Gasteiger partial charge >= 0.3 is 5.97 Å². The number of aliphatic hydroxyl groups is 1. The van der Waals surface area contributed by atoms with Crippen molar-refractivity contribution in [3.8, 4) is 11.8 Å². The van der Waals surface area contributed by atoms with Crippen molar-refractivity contribution < 1.29 is 19.7 Å². The maximum Gasteiger partial charge on any atom is 0.337 e. The Bertz CT molecular complexity index is 998. The number of hydrogen-bond donors (Lipinski definition) is 2. The summed E-state index contributed by atoms with van der Waals surface area (Å²) < 4.78 is 7.10. The average molecular weight is 354 g/mol. The quantitative estimate of drug-likeness (QED) is 0.852. The molecule has 0 spiro atoms. The third-order valence-corrected chi connectivity index (χ3v) is 5.01. The summed E-state index contributed by atoms with van der Waals surface area (Å²) in [5.74, 6) is -0.756. The van der Waals surface area contributed by atoms with Crippen LogP contribution in [-0.4, -0.2) is 32.0 Å². The third kappa shape index (κ3) is 2.55. The Kier molecular flexibility index (Phi) is 3.89. The zero-order chi connectivity index (χ0) is 19.3. The van der Waals surface area contributed by atoms with Crippen LogP contribution < -0.4 is 10.3 Å². The summed E-state index contributed by atoms with van der Waals surface area (Å²) >= 11 is 0. The first-order valence-electron chi connectivity index (χ1n) is 7.99. The summed E-state index contributed by atoms with van der Waals surface area (Å²) in [6.07, 6.45) is 1.20. The van der Waals surface area contributed by atoms with Crippen molar-refractivity contribution in [2.24, 2.45) is 0 Å². The van der Waals surface area contributed by atoms with Gasteiger partial charge < -0.3 is 19.5 Å². The standard InChI is InChI=1S/C19H18N2O5/c1-18(2)19(3,25)16(13-8-11(9-20)4-6-14(13)26-18)21-10-12(17(23)24)5-7-15(21)22/h4-8,10,16,25H,1-3H3,(H,23,24). The Morgan fingerprint density at radius 3 is 2.58 bits per heavy atom. The molecule has 1 aliphatic heterocycles. The molecule has 7 nitrogen and oxygen atoms in total. The molecule has 0 aliphatic carbocycles. The van der Waals surface area contributed by atoms with Crippen LogP contribution >= 0.6 is 0 Å². The molecule has 0 amide bonds. The van der Waals surface area contributed by atoms with Gasteiger partial charge in [-0.15, -0.1) is 0 Å². The molecule has 2 unspecified atom stereocenters. The van der Waals surface area contributed by atoms with Gasteiger partial charge in [-0.05, 0) is 45.0 Å². The maximum absolute atomic E-state index is 12.5. The molecule has 26 heavy (non-hydrogen) atoms. The van der Waals surface area contributed by atoms with Gasteiger partial charge in [0.1, 0.15) is 17.0 Å². The lowest BCUT2D eigenvalue weighted by Crippen LogP contribution is -2.60. The number of ether oxygens (including phenoxy) is 1. The molecule has 2 aromatic rings. The molecule has 1 aromatic heterocycles. The van der Waals surface area contributed by atoms with Crippen LogP contribution in [0.2, 0.25) is 0 Å². The fourth-order valence-corrected chi connectivity index (χ4v) is 3.19. The number of nitriles is 1. The number of nitrogens with zero attached hydrogens (tertiary/aromatic N) is 2. The van der Waals surface area contributed by atoms with E-state index in [1.165, 1.54) is 23.8 Å². The Morgan fingerprint density at radius 2 is 1.96 bits per heavy atom. The summed E-state index contributed by atoms with van der Waals surface area (Å²) in [6, 6.07) is 8.20. The van der Waals surface area contributed by atoms with E-state index in [-0.39, 0.29) is 5.56 Å². The van der Waals surface area contributed by atoms with Gasteiger partial charge in [-0.2, -0.15) is 5.26 Å². The number of carbonyl (C=O) groups is 1. The van der Waals surface area contributed by atoms with Crippen molar-refractivity contribution in [3.05, 3.63) is 63.6 Å². The topological polar surface area (TPSA) is 113 Å². The summed E-state index contributed by atoms with van der Waals surface area (Å²) in [5.41, 5.74) is -2.39. The van der Waals surface area contributed by atoms with Crippen LogP contribution in [0.3, 0.4) is 0 Å². The monoisotopic (exact) mass is 354 g/mol. The first-order chi connectivity index (χ1) is 12.1. The van der Waals surface area contributed by atoms with E-state index in [4.69, 9.17) is 4.74 Å². The number of aromatic nitrogens is 1. The second-order valence-corrected chi connectivity index (χ2v) is 7.00. The molecular formula is C19H18N2O5. The van der Waals surface area contributed by atoms with Crippen molar-refractivity contribution >= 4 is 5.97 Å². The maximum atomic E-state index is 12.5. The second-order valence-electron chi connectivity index (χ2n) is 7.00. The lowest BCUT2D eigenvalue weighted by molar-refractivity contribution is -0.139. The van der Waals surface area contributed by atoms with Crippen molar-refractivity contribution in [3.63, 3.8) is 0 Å². The molecule has 7 heteroatoms. The molecule has 3 rings (SSSR count). The number of carboxylic acids is 1. The SMILES string of the molecule is CC1(C)Oc2ccc(C#N)cc2C(n2cc(C(=O)O)ccc2=O)C1(C)O. The number of benzene rings is 1. The van der Waals surface area contributed by atoms with Gasteiger partial charge in [0.05, 0.1) is 23.2 Å². The number of aromatic carboxylic acids is 1. The number of carboxylic acid groups (broad SMARTS) is 1. The molecule has 0 bridgehead atoms. The first-order valence-corrected chi connectivity index (χ1v) is 7.99. The number of hydrogen-bond acceptors (Lipinski definition) is 5. The summed E-state index contributed by atoms with van der Waals surface area (Å²) in [5, 5.41) is 29.7. The molecule has 1 aromatic carbocycles. The Hall–Kier alpha value is -3.11. The van der Waals surface area contributed by atoms with E-state index in [1.807, 2.05) is 6.07 Å². The smallest absolute Gasteiger partial charge is 0.337 e. The van der Waals surface area contributed by atoms with Crippen molar-refractivity contribution in [2.75, 3.05) is 0 Å². The Balaban J connectivity index is 2.35. The van der Waals surface area contributed by atoms with Gasteiger partial charge in [0.15, 0.2) is 0 Å². The van der Waals surface area contributed by atoms with Gasteiger partial charge in [-0.3, -0.25) is 4.79 Å². The van der Waals surface area contributed by atoms with E-state index in [0.29, 0.717) is 16.9 Å².